The van der Waals surface area contributed by atoms with Crippen molar-refractivity contribution in [3.8, 4) is 0 Å². The number of alkyl halides is 9. The maximum absolute atomic E-state index is 14.4. The van der Waals surface area contributed by atoms with Crippen molar-refractivity contribution in [2.75, 3.05) is 6.61 Å². The predicted octanol–water partition coefficient (Wildman–Crippen LogP) is 5.16. The monoisotopic (exact) mass is 438 g/mol. The van der Waals surface area contributed by atoms with Crippen molar-refractivity contribution in [1.29, 1.82) is 0 Å². The fourth-order valence-corrected chi connectivity index (χ4v) is 2.85. The van der Waals surface area contributed by atoms with E-state index in [9.17, 15) is 44.3 Å². The number of rotatable bonds is 6. The van der Waals surface area contributed by atoms with Crippen molar-refractivity contribution in [2.45, 2.75) is 49.7 Å². The summed E-state index contributed by atoms with van der Waals surface area (Å²) in [6, 6.07) is 7.00. The Morgan fingerprint density at radius 2 is 1.52 bits per heavy atom. The molecule has 1 aromatic carbocycles. The predicted molar refractivity (Wildman–Crippen MR) is 79.7 cm³/mol. The van der Waals surface area contributed by atoms with E-state index in [0.717, 1.165) is 0 Å². The van der Waals surface area contributed by atoms with Gasteiger partial charge in [-0.25, -0.2) is 0 Å². The molecule has 29 heavy (non-hydrogen) atoms. The highest BCUT2D eigenvalue weighted by Gasteiger charge is 2.83. The first kappa shape index (κ1) is 23.5. The summed E-state index contributed by atoms with van der Waals surface area (Å²) >= 11 is 0. The molecule has 1 aliphatic rings. The number of carbonyl (C=O) groups excluding carboxylic acids is 1. The number of ether oxygens (including phenoxy) is 2. The smallest absolute Gasteiger partial charge is 0.346 e. The highest BCUT2D eigenvalue weighted by Crippen LogP contribution is 2.57. The van der Waals surface area contributed by atoms with Crippen LogP contribution in [0.5, 0.6) is 0 Å². The van der Waals surface area contributed by atoms with Gasteiger partial charge in [-0.05, 0) is 18.9 Å². The van der Waals surface area contributed by atoms with Gasteiger partial charge >= 0.3 is 23.9 Å². The van der Waals surface area contributed by atoms with Gasteiger partial charge in [0.15, 0.2) is 5.78 Å². The fraction of sp³-hybridized carbons (Fsp3) is 0.588. The summed E-state index contributed by atoms with van der Waals surface area (Å²) < 4.78 is 130. The van der Waals surface area contributed by atoms with Crippen LogP contribution in [-0.2, 0) is 14.3 Å². The number of halogens is 9. The maximum atomic E-state index is 14.4. The fourth-order valence-electron chi connectivity index (χ4n) is 2.85. The minimum atomic E-state index is -7.08. The van der Waals surface area contributed by atoms with Crippen LogP contribution < -0.4 is 0 Å². The summed E-state index contributed by atoms with van der Waals surface area (Å²) in [5.74, 6) is -25.1. The zero-order chi connectivity index (χ0) is 22.3. The lowest BCUT2D eigenvalue weighted by atomic mass is 9.81. The first-order valence-corrected chi connectivity index (χ1v) is 8.24. The molecule has 1 aliphatic heterocycles. The first-order valence-electron chi connectivity index (χ1n) is 8.24. The maximum Gasteiger partial charge on any atom is 0.460 e. The van der Waals surface area contributed by atoms with Gasteiger partial charge in [-0.1, -0.05) is 30.3 Å². The van der Waals surface area contributed by atoms with Gasteiger partial charge in [-0.15, -0.1) is 0 Å². The molecule has 0 aromatic heterocycles. The molecule has 2 rings (SSSR count). The van der Waals surface area contributed by atoms with Gasteiger partial charge in [-0.2, -0.15) is 39.5 Å². The van der Waals surface area contributed by atoms with Crippen LogP contribution in [0.25, 0.3) is 0 Å². The zero-order valence-electron chi connectivity index (χ0n) is 14.7. The normalized spacial score (nSPS) is 24.6. The van der Waals surface area contributed by atoms with Crippen molar-refractivity contribution < 1.29 is 53.8 Å². The van der Waals surface area contributed by atoms with Crippen molar-refractivity contribution >= 4 is 5.78 Å². The lowest BCUT2D eigenvalue weighted by molar-refractivity contribution is -0.403. The van der Waals surface area contributed by atoms with E-state index in [1.165, 1.54) is 37.3 Å². The van der Waals surface area contributed by atoms with E-state index in [-0.39, 0.29) is 12.2 Å². The van der Waals surface area contributed by atoms with E-state index in [2.05, 4.69) is 0 Å². The largest absolute Gasteiger partial charge is 0.460 e. The molecule has 1 saturated heterocycles. The summed E-state index contributed by atoms with van der Waals surface area (Å²) in [6.45, 7) is 1.01. The number of benzene rings is 1. The van der Waals surface area contributed by atoms with Crippen LogP contribution in [0.1, 0.15) is 25.0 Å². The highest BCUT2D eigenvalue weighted by atomic mass is 19.4. The summed E-state index contributed by atoms with van der Waals surface area (Å²) in [4.78, 5) is 12.2. The van der Waals surface area contributed by atoms with Gasteiger partial charge in [0.1, 0.15) is 0 Å². The van der Waals surface area contributed by atoms with Crippen LogP contribution in [0.15, 0.2) is 30.3 Å². The molecule has 0 spiro atoms. The Balaban J connectivity index is 2.48. The Labute approximate surface area is 158 Å². The summed E-state index contributed by atoms with van der Waals surface area (Å²) in [6.07, 6.45) is -11.8. The molecule has 1 aromatic rings. The molecular formula is C17H15F9O3. The van der Waals surface area contributed by atoms with Crippen LogP contribution >= 0.6 is 0 Å². The first-order chi connectivity index (χ1) is 13.2. The molecule has 0 amide bonds. The quantitative estimate of drug-likeness (QED) is 0.576. The number of Topliss-reactive ketones (excluding diaryl/α,β-unsaturated/α-hetero) is 1. The van der Waals surface area contributed by atoms with Gasteiger partial charge in [-0.3, -0.25) is 4.79 Å². The van der Waals surface area contributed by atoms with Gasteiger partial charge in [0.2, 0.25) is 6.29 Å². The van der Waals surface area contributed by atoms with Crippen molar-refractivity contribution in [2.24, 2.45) is 5.92 Å². The van der Waals surface area contributed by atoms with Crippen molar-refractivity contribution in [1.82, 2.24) is 0 Å². The molecular weight excluding hydrogens is 423 g/mol. The molecule has 0 N–H and O–H groups in total. The minimum absolute atomic E-state index is 0.122. The van der Waals surface area contributed by atoms with E-state index in [4.69, 9.17) is 9.47 Å². The van der Waals surface area contributed by atoms with E-state index < -0.39 is 54.5 Å². The summed E-state index contributed by atoms with van der Waals surface area (Å²) in [5, 5.41) is 0. The Bertz CT molecular complexity index is 719. The SMILES string of the molecule is CCO[C@@H]1OC(c2ccccc2)CC(C(F)(F)C(F)(F)C(F)(F)C(F)(F)F)C1=O. The second kappa shape index (κ2) is 7.78. The minimum Gasteiger partial charge on any atom is -0.346 e. The molecule has 0 radical (unpaired) electrons. The van der Waals surface area contributed by atoms with E-state index in [1.807, 2.05) is 0 Å². The van der Waals surface area contributed by atoms with Crippen LogP contribution in [0.4, 0.5) is 39.5 Å². The average Bonchev–Trinajstić information content (AvgIpc) is 2.62. The van der Waals surface area contributed by atoms with Gasteiger partial charge in [0.25, 0.3) is 0 Å². The molecule has 1 heterocycles. The second-order valence-corrected chi connectivity index (χ2v) is 6.28. The van der Waals surface area contributed by atoms with Crippen LogP contribution in [-0.4, -0.2) is 42.6 Å². The van der Waals surface area contributed by atoms with Crippen molar-refractivity contribution in [3.63, 3.8) is 0 Å². The van der Waals surface area contributed by atoms with E-state index in [0.29, 0.717) is 0 Å². The van der Waals surface area contributed by atoms with Gasteiger partial charge in [0, 0.05) is 6.61 Å². The molecule has 3 nitrogen and oxygen atoms in total. The third kappa shape index (κ3) is 3.96. The molecule has 3 atom stereocenters. The molecule has 2 unspecified atom stereocenters. The second-order valence-electron chi connectivity index (χ2n) is 6.28. The molecule has 12 heteroatoms. The average molecular weight is 438 g/mol. The third-order valence-electron chi connectivity index (χ3n) is 4.41. The zero-order valence-corrected chi connectivity index (χ0v) is 14.7. The van der Waals surface area contributed by atoms with E-state index in [1.54, 1.807) is 0 Å². The Morgan fingerprint density at radius 3 is 2.00 bits per heavy atom. The van der Waals surface area contributed by atoms with Crippen LogP contribution in [0.2, 0.25) is 0 Å². The van der Waals surface area contributed by atoms with E-state index >= 15 is 0 Å². The summed E-state index contributed by atoms with van der Waals surface area (Å²) in [5.41, 5.74) is 0.122. The lowest BCUT2D eigenvalue weighted by Gasteiger charge is -2.41. The topological polar surface area (TPSA) is 35.5 Å². The standard InChI is InChI=1S/C17H15F9O3/c1-2-28-13-12(27)10(8-11(29-13)9-6-4-3-5-7-9)14(18,19)15(20,21)16(22,23)17(24,25)26/h3-7,10-11,13H,2,8H2,1H3/t10?,11?,13-/m1/s1. The third-order valence-corrected chi connectivity index (χ3v) is 4.41. The van der Waals surface area contributed by atoms with Gasteiger partial charge < -0.3 is 9.47 Å². The molecule has 1 fully saturated rings. The number of carbonyl (C=O) groups is 1. The lowest BCUT2D eigenvalue weighted by Crippen LogP contribution is -2.65. The van der Waals surface area contributed by atoms with Gasteiger partial charge in [0.05, 0.1) is 12.0 Å². The number of hydrogen-bond acceptors (Lipinski definition) is 3. The van der Waals surface area contributed by atoms with Crippen LogP contribution in [0.3, 0.4) is 0 Å². The van der Waals surface area contributed by atoms with Crippen molar-refractivity contribution in [3.05, 3.63) is 35.9 Å². The molecule has 164 valence electrons. The molecule has 0 saturated carbocycles. The highest BCUT2D eigenvalue weighted by molar-refractivity contribution is 5.86. The molecule has 0 bridgehead atoms. The van der Waals surface area contributed by atoms with Crippen LogP contribution in [0, 0.1) is 5.92 Å². The summed E-state index contributed by atoms with van der Waals surface area (Å²) in [7, 11) is 0. The number of ketones is 1. The molecule has 0 aliphatic carbocycles. The Hall–Kier alpha value is -1.82. The Morgan fingerprint density at radius 1 is 0.966 bits per heavy atom. The Kier molecular flexibility index (Phi) is 6.30. The number of hydrogen-bond donors (Lipinski definition) is 0.